The lowest BCUT2D eigenvalue weighted by atomic mass is 10.1. The van der Waals surface area contributed by atoms with Gasteiger partial charge in [-0.25, -0.2) is 9.48 Å². The number of carbonyl (C=O) groups excluding carboxylic acids is 2. The number of benzene rings is 1. The molecule has 0 spiro atoms. The van der Waals surface area contributed by atoms with Crippen molar-refractivity contribution in [1.29, 1.82) is 0 Å². The van der Waals surface area contributed by atoms with Gasteiger partial charge in [-0.2, -0.15) is 5.10 Å². The van der Waals surface area contributed by atoms with E-state index in [0.29, 0.717) is 5.75 Å². The summed E-state index contributed by atoms with van der Waals surface area (Å²) in [6.07, 6.45) is 0. The first-order valence-electron chi connectivity index (χ1n) is 8.49. The van der Waals surface area contributed by atoms with Crippen molar-refractivity contribution in [1.82, 2.24) is 15.1 Å². The summed E-state index contributed by atoms with van der Waals surface area (Å²) in [6, 6.07) is 11.6. The molecule has 0 aliphatic carbocycles. The second kappa shape index (κ2) is 8.98. The summed E-state index contributed by atoms with van der Waals surface area (Å²) in [5, 5.41) is 6.66. The van der Waals surface area contributed by atoms with Gasteiger partial charge in [0.05, 0.1) is 6.54 Å². The summed E-state index contributed by atoms with van der Waals surface area (Å²) in [5.41, 5.74) is -0.847. The fraction of sp³-hybridized carbons (Fsp3) is 0.368. The molecule has 8 nitrogen and oxygen atoms in total. The molecule has 2 aromatic rings. The van der Waals surface area contributed by atoms with Gasteiger partial charge in [-0.3, -0.25) is 9.59 Å². The molecule has 1 amide bonds. The van der Waals surface area contributed by atoms with Gasteiger partial charge in [0.1, 0.15) is 12.4 Å². The number of para-hydroxylation sites is 1. The highest BCUT2D eigenvalue weighted by molar-refractivity contribution is 5.89. The molecule has 0 saturated carbocycles. The number of aromatic nitrogens is 2. The molecule has 8 heteroatoms. The minimum absolute atomic E-state index is 0.0575. The van der Waals surface area contributed by atoms with Crippen molar-refractivity contribution in [2.45, 2.75) is 32.9 Å². The maximum Gasteiger partial charge on any atom is 0.359 e. The number of nitrogens with zero attached hydrogens (tertiary/aromatic N) is 2. The Morgan fingerprint density at radius 2 is 1.81 bits per heavy atom. The molecule has 1 heterocycles. The largest absolute Gasteiger partial charge is 0.492 e. The van der Waals surface area contributed by atoms with Gasteiger partial charge in [0.25, 0.3) is 11.5 Å². The maximum absolute atomic E-state index is 12.1. The first-order valence-corrected chi connectivity index (χ1v) is 8.49. The lowest BCUT2D eigenvalue weighted by Crippen LogP contribution is -2.42. The van der Waals surface area contributed by atoms with Crippen molar-refractivity contribution < 1.29 is 19.1 Å². The van der Waals surface area contributed by atoms with Gasteiger partial charge in [-0.05, 0) is 39.0 Å². The summed E-state index contributed by atoms with van der Waals surface area (Å²) >= 11 is 0. The van der Waals surface area contributed by atoms with Crippen LogP contribution in [0.1, 0.15) is 31.3 Å². The normalized spacial score (nSPS) is 10.9. The number of ether oxygens (including phenoxy) is 2. The van der Waals surface area contributed by atoms with E-state index in [9.17, 15) is 14.4 Å². The van der Waals surface area contributed by atoms with Crippen LogP contribution in [0.15, 0.2) is 47.3 Å². The predicted molar refractivity (Wildman–Crippen MR) is 98.6 cm³/mol. The van der Waals surface area contributed by atoms with Crippen LogP contribution in [0.4, 0.5) is 0 Å². The molecule has 0 aliphatic rings. The first kappa shape index (κ1) is 20.2. The number of rotatable bonds is 7. The molecule has 0 unspecified atom stereocenters. The molecule has 0 radical (unpaired) electrons. The van der Waals surface area contributed by atoms with Crippen LogP contribution in [-0.4, -0.2) is 40.4 Å². The van der Waals surface area contributed by atoms with Crippen LogP contribution >= 0.6 is 0 Å². The summed E-state index contributed by atoms with van der Waals surface area (Å²) in [4.78, 5) is 35.7. The molecule has 0 saturated heterocycles. The zero-order valence-electron chi connectivity index (χ0n) is 15.6. The first-order chi connectivity index (χ1) is 12.7. The highest BCUT2D eigenvalue weighted by Gasteiger charge is 2.17. The highest BCUT2D eigenvalue weighted by Crippen LogP contribution is 2.07. The summed E-state index contributed by atoms with van der Waals surface area (Å²) in [5.74, 6) is -0.525. The average molecular weight is 373 g/mol. The van der Waals surface area contributed by atoms with Crippen LogP contribution in [-0.2, 0) is 16.1 Å². The smallest absolute Gasteiger partial charge is 0.359 e. The SMILES string of the molecule is CC(C)(C)NC(=O)COC(=O)c1ccc(=O)n(CCOc2ccccc2)n1. The fourth-order valence-electron chi connectivity index (χ4n) is 2.14. The summed E-state index contributed by atoms with van der Waals surface area (Å²) in [7, 11) is 0. The average Bonchev–Trinajstić information content (AvgIpc) is 2.61. The van der Waals surface area contributed by atoms with E-state index in [2.05, 4.69) is 10.4 Å². The van der Waals surface area contributed by atoms with Crippen LogP contribution in [0.25, 0.3) is 0 Å². The van der Waals surface area contributed by atoms with Crippen LogP contribution in [0.5, 0.6) is 5.75 Å². The molecule has 27 heavy (non-hydrogen) atoms. The van der Waals surface area contributed by atoms with E-state index in [1.165, 1.54) is 12.1 Å². The molecule has 0 bridgehead atoms. The molecule has 0 fully saturated rings. The van der Waals surface area contributed by atoms with E-state index in [1.54, 1.807) is 12.1 Å². The van der Waals surface area contributed by atoms with E-state index in [4.69, 9.17) is 9.47 Å². The van der Waals surface area contributed by atoms with Crippen molar-refractivity contribution in [3.63, 3.8) is 0 Å². The molecule has 0 atom stereocenters. The predicted octanol–water partition coefficient (Wildman–Crippen LogP) is 1.39. The van der Waals surface area contributed by atoms with E-state index >= 15 is 0 Å². The number of carbonyl (C=O) groups is 2. The van der Waals surface area contributed by atoms with Crippen LogP contribution in [0.3, 0.4) is 0 Å². The molecule has 1 aromatic carbocycles. The second-order valence-electron chi connectivity index (χ2n) is 6.82. The molecular formula is C19H23N3O5. The minimum Gasteiger partial charge on any atom is -0.492 e. The molecule has 1 aromatic heterocycles. The zero-order chi connectivity index (χ0) is 19.9. The Kier molecular flexibility index (Phi) is 6.70. The molecule has 144 valence electrons. The van der Waals surface area contributed by atoms with Gasteiger partial charge < -0.3 is 14.8 Å². The van der Waals surface area contributed by atoms with Gasteiger partial charge in [0.2, 0.25) is 0 Å². The third-order valence-corrected chi connectivity index (χ3v) is 3.24. The Bertz CT molecular complexity index is 840. The maximum atomic E-state index is 12.1. The van der Waals surface area contributed by atoms with Crippen LogP contribution in [0.2, 0.25) is 0 Å². The Balaban J connectivity index is 1.92. The Labute approximate surface area is 157 Å². The monoisotopic (exact) mass is 373 g/mol. The minimum atomic E-state index is -0.781. The Morgan fingerprint density at radius 1 is 1.11 bits per heavy atom. The number of nitrogens with one attached hydrogen (secondary N) is 1. The van der Waals surface area contributed by atoms with Crippen molar-refractivity contribution in [3.05, 3.63) is 58.5 Å². The van der Waals surface area contributed by atoms with Gasteiger partial charge in [-0.1, -0.05) is 18.2 Å². The van der Waals surface area contributed by atoms with Crippen LogP contribution < -0.4 is 15.6 Å². The lowest BCUT2D eigenvalue weighted by molar-refractivity contribution is -0.125. The third-order valence-electron chi connectivity index (χ3n) is 3.24. The summed E-state index contributed by atoms with van der Waals surface area (Å²) < 4.78 is 11.6. The van der Waals surface area contributed by atoms with Crippen molar-refractivity contribution in [2.24, 2.45) is 0 Å². The number of hydrogen-bond donors (Lipinski definition) is 1. The van der Waals surface area contributed by atoms with E-state index in [0.717, 1.165) is 4.68 Å². The zero-order valence-corrected chi connectivity index (χ0v) is 15.6. The second-order valence-corrected chi connectivity index (χ2v) is 6.82. The van der Waals surface area contributed by atoms with E-state index in [-0.39, 0.29) is 24.4 Å². The highest BCUT2D eigenvalue weighted by atomic mass is 16.5. The van der Waals surface area contributed by atoms with Gasteiger partial charge >= 0.3 is 5.97 Å². The molecule has 1 N–H and O–H groups in total. The lowest BCUT2D eigenvalue weighted by Gasteiger charge is -2.20. The van der Waals surface area contributed by atoms with E-state index < -0.39 is 24.0 Å². The molecule has 0 aliphatic heterocycles. The van der Waals surface area contributed by atoms with Gasteiger partial charge in [-0.15, -0.1) is 0 Å². The quantitative estimate of drug-likeness (QED) is 0.737. The standard InChI is InChI=1S/C19H23N3O5/c1-19(2,3)20-16(23)13-27-18(25)15-9-10-17(24)22(21-15)11-12-26-14-7-5-4-6-8-14/h4-10H,11-13H2,1-3H3,(H,20,23). The topological polar surface area (TPSA) is 99.5 Å². The van der Waals surface area contributed by atoms with Crippen molar-refractivity contribution in [3.8, 4) is 5.75 Å². The number of amides is 1. The summed E-state index contributed by atoms with van der Waals surface area (Å²) in [6.45, 7) is 5.42. The Hall–Kier alpha value is -3.16. The van der Waals surface area contributed by atoms with Crippen molar-refractivity contribution >= 4 is 11.9 Å². The molecular weight excluding hydrogens is 350 g/mol. The number of esters is 1. The van der Waals surface area contributed by atoms with Crippen molar-refractivity contribution in [2.75, 3.05) is 13.2 Å². The third kappa shape index (κ3) is 6.93. The Morgan fingerprint density at radius 3 is 2.48 bits per heavy atom. The fourth-order valence-corrected chi connectivity index (χ4v) is 2.14. The number of hydrogen-bond acceptors (Lipinski definition) is 6. The molecule has 2 rings (SSSR count). The van der Waals surface area contributed by atoms with Gasteiger partial charge in [0.15, 0.2) is 12.3 Å². The van der Waals surface area contributed by atoms with Gasteiger partial charge in [0, 0.05) is 11.6 Å². The van der Waals surface area contributed by atoms with Crippen LogP contribution in [0, 0.1) is 0 Å². The van der Waals surface area contributed by atoms with E-state index in [1.807, 2.05) is 39.0 Å².